The lowest BCUT2D eigenvalue weighted by molar-refractivity contribution is 0.0771. The van der Waals surface area contributed by atoms with Gasteiger partial charge in [-0.3, -0.25) is 4.90 Å². The molecule has 98 valence electrons. The van der Waals surface area contributed by atoms with Gasteiger partial charge < -0.3 is 9.84 Å². The Bertz CT molecular complexity index is 521. The fraction of sp³-hybridized carbons (Fsp3) is 0.286. The molecule has 0 radical (unpaired) electrons. The molecule has 2 rings (SSSR count). The van der Waals surface area contributed by atoms with Crippen molar-refractivity contribution in [2.45, 2.75) is 12.1 Å². The Morgan fingerprint density at radius 3 is 2.68 bits per heavy atom. The van der Waals surface area contributed by atoms with Crippen LogP contribution < -0.4 is 0 Å². The molecule has 0 bridgehead atoms. The van der Waals surface area contributed by atoms with Crippen LogP contribution in [0.15, 0.2) is 42.6 Å². The number of hydrogen-bond donors (Lipinski definition) is 1. The summed E-state index contributed by atoms with van der Waals surface area (Å²) in [5.74, 6) is -0.730. The Labute approximate surface area is 111 Å². The topological polar surface area (TPSA) is 73.6 Å². The third kappa shape index (κ3) is 2.44. The van der Waals surface area contributed by atoms with E-state index in [2.05, 4.69) is 6.07 Å². The molecule has 0 saturated heterocycles. The van der Waals surface area contributed by atoms with E-state index in [1.807, 2.05) is 30.3 Å². The second kappa shape index (κ2) is 5.55. The van der Waals surface area contributed by atoms with Crippen molar-refractivity contribution in [3.63, 3.8) is 0 Å². The van der Waals surface area contributed by atoms with Crippen molar-refractivity contribution in [1.82, 2.24) is 4.90 Å². The summed E-state index contributed by atoms with van der Waals surface area (Å²) in [4.78, 5) is 13.1. The van der Waals surface area contributed by atoms with E-state index in [9.17, 15) is 15.2 Å². The maximum atomic E-state index is 11.8. The number of amides is 1. The summed E-state index contributed by atoms with van der Waals surface area (Å²) in [7, 11) is 1.28. The van der Waals surface area contributed by atoms with Crippen LogP contribution in [0.5, 0.6) is 0 Å². The first-order valence-electron chi connectivity index (χ1n) is 5.86. The van der Waals surface area contributed by atoms with Crippen LogP contribution in [0, 0.1) is 17.2 Å². The molecule has 0 unspecified atom stereocenters. The summed E-state index contributed by atoms with van der Waals surface area (Å²) < 4.78 is 4.71. The van der Waals surface area contributed by atoms with E-state index in [4.69, 9.17) is 4.74 Å². The zero-order chi connectivity index (χ0) is 13.8. The molecular weight excluding hydrogens is 244 g/mol. The zero-order valence-corrected chi connectivity index (χ0v) is 10.4. The van der Waals surface area contributed by atoms with Crippen LogP contribution in [-0.2, 0) is 4.74 Å². The van der Waals surface area contributed by atoms with Crippen LogP contribution in [0.3, 0.4) is 0 Å². The average Bonchev–Trinajstić information content (AvgIpc) is 2.47. The molecule has 19 heavy (non-hydrogen) atoms. The standard InChI is InChI=1S/C14H14N2O3/c1-19-14(18)16-8-7-12(17)11(9-15)13(16)10-5-3-2-4-6-10/h2-8,11-13,17H,1H3/t11-,12-,13+/m1/s1. The second-order valence-corrected chi connectivity index (χ2v) is 4.22. The molecule has 1 amide bonds. The maximum Gasteiger partial charge on any atom is 0.414 e. The molecule has 0 fully saturated rings. The number of nitrogens with zero attached hydrogens (tertiary/aromatic N) is 2. The van der Waals surface area contributed by atoms with Crippen LogP contribution in [0.25, 0.3) is 0 Å². The molecule has 5 heteroatoms. The van der Waals surface area contributed by atoms with Crippen LogP contribution in [0.2, 0.25) is 0 Å². The van der Waals surface area contributed by atoms with E-state index >= 15 is 0 Å². The smallest absolute Gasteiger partial charge is 0.414 e. The lowest BCUT2D eigenvalue weighted by atomic mass is 9.86. The summed E-state index contributed by atoms with van der Waals surface area (Å²) in [6, 6.07) is 10.6. The van der Waals surface area contributed by atoms with Crippen molar-refractivity contribution >= 4 is 6.09 Å². The van der Waals surface area contributed by atoms with Gasteiger partial charge in [0.05, 0.1) is 25.3 Å². The number of nitriles is 1. The Kier molecular flexibility index (Phi) is 3.83. The highest BCUT2D eigenvalue weighted by molar-refractivity contribution is 5.70. The van der Waals surface area contributed by atoms with Gasteiger partial charge in [0.1, 0.15) is 5.92 Å². The molecule has 1 heterocycles. The van der Waals surface area contributed by atoms with Crippen LogP contribution >= 0.6 is 0 Å². The summed E-state index contributed by atoms with van der Waals surface area (Å²) in [6.45, 7) is 0. The number of carbonyl (C=O) groups excluding carboxylic acids is 1. The maximum absolute atomic E-state index is 11.8. The van der Waals surface area contributed by atoms with Gasteiger partial charge in [-0.05, 0) is 11.6 Å². The number of benzene rings is 1. The van der Waals surface area contributed by atoms with E-state index < -0.39 is 24.2 Å². The largest absolute Gasteiger partial charge is 0.452 e. The quantitative estimate of drug-likeness (QED) is 0.833. The Balaban J connectivity index is 2.46. The van der Waals surface area contributed by atoms with E-state index in [1.165, 1.54) is 24.3 Å². The second-order valence-electron chi connectivity index (χ2n) is 4.22. The van der Waals surface area contributed by atoms with E-state index in [0.29, 0.717) is 0 Å². The van der Waals surface area contributed by atoms with Crippen molar-refractivity contribution in [1.29, 1.82) is 5.26 Å². The first-order valence-corrected chi connectivity index (χ1v) is 5.86. The van der Waals surface area contributed by atoms with E-state index in [-0.39, 0.29) is 0 Å². The van der Waals surface area contributed by atoms with E-state index in [1.54, 1.807) is 0 Å². The van der Waals surface area contributed by atoms with Crippen molar-refractivity contribution in [2.75, 3.05) is 7.11 Å². The molecule has 0 spiro atoms. The van der Waals surface area contributed by atoms with Crippen molar-refractivity contribution in [3.05, 3.63) is 48.2 Å². The zero-order valence-electron chi connectivity index (χ0n) is 10.4. The molecule has 1 aromatic carbocycles. The molecule has 3 atom stereocenters. The number of rotatable bonds is 1. The highest BCUT2D eigenvalue weighted by Gasteiger charge is 2.38. The van der Waals surface area contributed by atoms with Gasteiger partial charge in [0.2, 0.25) is 0 Å². The Morgan fingerprint density at radius 1 is 1.42 bits per heavy atom. The van der Waals surface area contributed by atoms with Crippen molar-refractivity contribution in [3.8, 4) is 6.07 Å². The third-order valence-electron chi connectivity index (χ3n) is 3.13. The fourth-order valence-corrected chi connectivity index (χ4v) is 2.20. The first kappa shape index (κ1) is 13.1. The molecule has 1 aromatic rings. The number of carbonyl (C=O) groups is 1. The normalized spacial score (nSPS) is 25.7. The lowest BCUT2D eigenvalue weighted by Gasteiger charge is -2.36. The summed E-state index contributed by atoms with van der Waals surface area (Å²) >= 11 is 0. The average molecular weight is 258 g/mol. The molecule has 1 aliphatic rings. The molecule has 1 aliphatic heterocycles. The van der Waals surface area contributed by atoms with Gasteiger partial charge in [-0.25, -0.2) is 4.79 Å². The van der Waals surface area contributed by atoms with E-state index in [0.717, 1.165) is 5.56 Å². The van der Waals surface area contributed by atoms with Gasteiger partial charge in [-0.2, -0.15) is 5.26 Å². The van der Waals surface area contributed by atoms with Gasteiger partial charge in [-0.15, -0.1) is 0 Å². The third-order valence-corrected chi connectivity index (χ3v) is 3.13. The number of aliphatic hydroxyl groups is 1. The molecule has 0 aromatic heterocycles. The number of ether oxygens (including phenoxy) is 1. The molecule has 5 nitrogen and oxygen atoms in total. The predicted molar refractivity (Wildman–Crippen MR) is 67.7 cm³/mol. The lowest BCUT2D eigenvalue weighted by Crippen LogP contribution is -2.41. The minimum Gasteiger partial charge on any atom is -0.452 e. The Hall–Kier alpha value is -2.32. The number of methoxy groups -OCH3 is 1. The molecule has 0 saturated carbocycles. The van der Waals surface area contributed by atoms with Gasteiger partial charge in [0.15, 0.2) is 0 Å². The highest BCUT2D eigenvalue weighted by atomic mass is 16.5. The van der Waals surface area contributed by atoms with Crippen molar-refractivity contribution in [2.24, 2.45) is 5.92 Å². The monoisotopic (exact) mass is 258 g/mol. The van der Waals surface area contributed by atoms with Gasteiger partial charge >= 0.3 is 6.09 Å². The highest BCUT2D eigenvalue weighted by Crippen LogP contribution is 2.35. The number of hydrogen-bond acceptors (Lipinski definition) is 4. The van der Waals surface area contributed by atoms with Gasteiger partial charge in [0.25, 0.3) is 0 Å². The molecular formula is C14H14N2O3. The summed E-state index contributed by atoms with van der Waals surface area (Å²) in [5, 5.41) is 19.1. The SMILES string of the molecule is COC(=O)N1C=C[C@@H](O)[C@@H](C#N)[C@@H]1c1ccccc1. The van der Waals surface area contributed by atoms with Crippen LogP contribution in [0.1, 0.15) is 11.6 Å². The predicted octanol–water partition coefficient (Wildman–Crippen LogP) is 1.82. The van der Waals surface area contributed by atoms with Crippen molar-refractivity contribution < 1.29 is 14.6 Å². The Morgan fingerprint density at radius 2 is 2.11 bits per heavy atom. The summed E-state index contributed by atoms with van der Waals surface area (Å²) in [5.41, 5.74) is 0.780. The molecule has 1 N–H and O–H groups in total. The number of aliphatic hydroxyl groups excluding tert-OH is 1. The fourth-order valence-electron chi connectivity index (χ4n) is 2.20. The minimum atomic E-state index is -0.906. The minimum absolute atomic E-state index is 0.557. The first-order chi connectivity index (χ1) is 9.19. The summed E-state index contributed by atoms with van der Waals surface area (Å²) in [6.07, 6.45) is 1.42. The van der Waals surface area contributed by atoms with Crippen LogP contribution in [0.4, 0.5) is 4.79 Å². The van der Waals surface area contributed by atoms with Gasteiger partial charge in [0, 0.05) is 6.20 Å². The van der Waals surface area contributed by atoms with Gasteiger partial charge in [-0.1, -0.05) is 30.3 Å². The van der Waals surface area contributed by atoms with Crippen LogP contribution in [-0.4, -0.2) is 29.3 Å². The molecule has 0 aliphatic carbocycles.